The normalized spacial score (nSPS) is 13.0. The highest BCUT2D eigenvalue weighted by molar-refractivity contribution is 5.16. The summed E-state index contributed by atoms with van der Waals surface area (Å²) in [6.07, 6.45) is 5.03. The van der Waals surface area contributed by atoms with Crippen molar-refractivity contribution >= 4 is 0 Å². The van der Waals surface area contributed by atoms with Crippen molar-refractivity contribution in [1.82, 2.24) is 19.6 Å². The first-order valence-electron chi connectivity index (χ1n) is 7.92. The second-order valence-electron chi connectivity index (χ2n) is 5.59. The average Bonchev–Trinajstić information content (AvgIpc) is 3.07. The zero-order valence-corrected chi connectivity index (χ0v) is 13.6. The van der Waals surface area contributed by atoms with E-state index in [-0.39, 0.29) is 6.04 Å². The van der Waals surface area contributed by atoms with Crippen LogP contribution in [0.4, 0.5) is 0 Å². The Balaban J connectivity index is 2.10. The SMILES string of the molecule is CCC(CC)n1ccc(CC(N)c2cc(C)nn2CC)n1. The fourth-order valence-corrected chi connectivity index (χ4v) is 2.80. The summed E-state index contributed by atoms with van der Waals surface area (Å²) in [5.74, 6) is 0. The molecule has 2 N–H and O–H groups in total. The molecule has 2 aromatic rings. The van der Waals surface area contributed by atoms with E-state index in [1.165, 1.54) is 0 Å². The minimum absolute atomic E-state index is 0.0591. The van der Waals surface area contributed by atoms with Gasteiger partial charge in [0.2, 0.25) is 0 Å². The molecular weight excluding hydrogens is 262 g/mol. The molecule has 2 heterocycles. The summed E-state index contributed by atoms with van der Waals surface area (Å²) in [6.45, 7) is 9.33. The van der Waals surface area contributed by atoms with E-state index in [1.807, 2.05) is 11.6 Å². The van der Waals surface area contributed by atoms with Crippen molar-refractivity contribution in [2.45, 2.75) is 65.6 Å². The van der Waals surface area contributed by atoms with Crippen LogP contribution in [0.5, 0.6) is 0 Å². The van der Waals surface area contributed by atoms with Crippen molar-refractivity contribution in [2.24, 2.45) is 5.73 Å². The topological polar surface area (TPSA) is 61.7 Å². The lowest BCUT2D eigenvalue weighted by Crippen LogP contribution is -2.18. The minimum Gasteiger partial charge on any atom is -0.322 e. The van der Waals surface area contributed by atoms with E-state index >= 15 is 0 Å². The Morgan fingerprint density at radius 1 is 1.19 bits per heavy atom. The Bertz CT molecular complexity index is 565. The van der Waals surface area contributed by atoms with E-state index in [0.29, 0.717) is 6.04 Å². The van der Waals surface area contributed by atoms with Crippen molar-refractivity contribution in [3.8, 4) is 0 Å². The lowest BCUT2D eigenvalue weighted by molar-refractivity contribution is 0.424. The molecule has 2 aromatic heterocycles. The van der Waals surface area contributed by atoms with Gasteiger partial charge in [0.25, 0.3) is 0 Å². The Hall–Kier alpha value is -1.62. The van der Waals surface area contributed by atoms with Gasteiger partial charge in [-0.25, -0.2) is 0 Å². The van der Waals surface area contributed by atoms with Gasteiger partial charge in [-0.15, -0.1) is 0 Å². The second-order valence-corrected chi connectivity index (χ2v) is 5.59. The van der Waals surface area contributed by atoms with Gasteiger partial charge in [-0.1, -0.05) is 13.8 Å². The number of aryl methyl sites for hydroxylation is 2. The average molecular weight is 289 g/mol. The Morgan fingerprint density at radius 2 is 1.90 bits per heavy atom. The molecule has 1 atom stereocenters. The van der Waals surface area contributed by atoms with E-state index in [4.69, 9.17) is 5.73 Å². The number of rotatable bonds is 7. The van der Waals surface area contributed by atoms with Crippen LogP contribution in [0, 0.1) is 6.92 Å². The fraction of sp³-hybridized carbons (Fsp3) is 0.625. The Kier molecular flexibility index (Phi) is 5.17. The van der Waals surface area contributed by atoms with Gasteiger partial charge in [-0.3, -0.25) is 9.36 Å². The number of aromatic nitrogens is 4. The molecule has 21 heavy (non-hydrogen) atoms. The van der Waals surface area contributed by atoms with E-state index in [0.717, 1.165) is 42.9 Å². The highest BCUT2D eigenvalue weighted by atomic mass is 15.3. The Labute approximate surface area is 127 Å². The molecule has 0 radical (unpaired) electrons. The molecule has 0 fully saturated rings. The predicted molar refractivity (Wildman–Crippen MR) is 85.1 cm³/mol. The highest BCUT2D eigenvalue weighted by Crippen LogP contribution is 2.19. The van der Waals surface area contributed by atoms with Crippen LogP contribution in [0.3, 0.4) is 0 Å². The number of hydrogen-bond acceptors (Lipinski definition) is 3. The van der Waals surface area contributed by atoms with Crippen LogP contribution in [0.2, 0.25) is 0 Å². The molecule has 5 nitrogen and oxygen atoms in total. The van der Waals surface area contributed by atoms with E-state index in [9.17, 15) is 0 Å². The quantitative estimate of drug-likeness (QED) is 0.852. The van der Waals surface area contributed by atoms with E-state index in [2.05, 4.69) is 54.0 Å². The zero-order chi connectivity index (χ0) is 15.4. The number of nitrogens with zero attached hydrogens (tertiary/aromatic N) is 4. The molecule has 0 aliphatic carbocycles. The van der Waals surface area contributed by atoms with Crippen molar-refractivity contribution in [3.63, 3.8) is 0 Å². The summed E-state index contributed by atoms with van der Waals surface area (Å²) in [7, 11) is 0. The minimum atomic E-state index is -0.0591. The zero-order valence-electron chi connectivity index (χ0n) is 13.6. The van der Waals surface area contributed by atoms with Gasteiger partial charge in [-0.05, 0) is 38.8 Å². The van der Waals surface area contributed by atoms with Gasteiger partial charge >= 0.3 is 0 Å². The van der Waals surface area contributed by atoms with Crippen molar-refractivity contribution in [3.05, 3.63) is 35.4 Å². The van der Waals surface area contributed by atoms with Crippen LogP contribution >= 0.6 is 0 Å². The molecule has 2 rings (SSSR count). The lowest BCUT2D eigenvalue weighted by Gasteiger charge is -2.14. The molecule has 0 aliphatic rings. The molecular formula is C16H27N5. The largest absolute Gasteiger partial charge is 0.322 e. The predicted octanol–water partition coefficient (Wildman–Crippen LogP) is 3.01. The molecule has 116 valence electrons. The first-order valence-corrected chi connectivity index (χ1v) is 7.92. The molecule has 0 saturated carbocycles. The molecule has 0 aliphatic heterocycles. The first kappa shape index (κ1) is 15.8. The van der Waals surface area contributed by atoms with Gasteiger partial charge in [-0.2, -0.15) is 10.2 Å². The lowest BCUT2D eigenvalue weighted by atomic mass is 10.1. The summed E-state index contributed by atoms with van der Waals surface area (Å²) in [5, 5.41) is 9.15. The van der Waals surface area contributed by atoms with Crippen LogP contribution in [0.25, 0.3) is 0 Å². The van der Waals surface area contributed by atoms with Crippen molar-refractivity contribution in [2.75, 3.05) is 0 Å². The number of hydrogen-bond donors (Lipinski definition) is 1. The molecule has 0 aromatic carbocycles. The van der Waals surface area contributed by atoms with Gasteiger partial charge in [0.15, 0.2) is 0 Å². The van der Waals surface area contributed by atoms with E-state index < -0.39 is 0 Å². The summed E-state index contributed by atoms with van der Waals surface area (Å²) in [6, 6.07) is 4.58. The molecule has 0 spiro atoms. The van der Waals surface area contributed by atoms with E-state index in [1.54, 1.807) is 0 Å². The molecule has 0 amide bonds. The van der Waals surface area contributed by atoms with Gasteiger partial charge in [0.1, 0.15) is 0 Å². The Morgan fingerprint density at radius 3 is 2.52 bits per heavy atom. The monoisotopic (exact) mass is 289 g/mol. The van der Waals surface area contributed by atoms with Crippen molar-refractivity contribution in [1.29, 1.82) is 0 Å². The summed E-state index contributed by atoms with van der Waals surface area (Å²) in [5.41, 5.74) is 9.52. The van der Waals surface area contributed by atoms with Gasteiger partial charge in [0, 0.05) is 19.2 Å². The van der Waals surface area contributed by atoms with Crippen LogP contribution in [-0.2, 0) is 13.0 Å². The molecule has 0 saturated heterocycles. The second kappa shape index (κ2) is 6.89. The summed E-state index contributed by atoms with van der Waals surface area (Å²) in [4.78, 5) is 0. The third kappa shape index (κ3) is 3.53. The van der Waals surface area contributed by atoms with Crippen molar-refractivity contribution < 1.29 is 0 Å². The standard InChI is InChI=1S/C16H27N5/c1-5-14(6-2)21-9-8-13(19-21)11-15(17)16-10-12(4)18-20(16)7-3/h8-10,14-15H,5-7,11,17H2,1-4H3. The molecule has 0 bridgehead atoms. The third-order valence-corrected chi connectivity index (χ3v) is 4.02. The maximum atomic E-state index is 6.36. The summed E-state index contributed by atoms with van der Waals surface area (Å²) < 4.78 is 4.06. The first-order chi connectivity index (χ1) is 10.1. The van der Waals surface area contributed by atoms with Crippen LogP contribution in [0.1, 0.15) is 62.8 Å². The van der Waals surface area contributed by atoms with Crippen LogP contribution < -0.4 is 5.73 Å². The van der Waals surface area contributed by atoms with Gasteiger partial charge in [0.05, 0.1) is 29.2 Å². The molecule has 1 unspecified atom stereocenters. The summed E-state index contributed by atoms with van der Waals surface area (Å²) >= 11 is 0. The molecule has 5 heteroatoms. The maximum Gasteiger partial charge on any atom is 0.0644 e. The maximum absolute atomic E-state index is 6.36. The fourth-order valence-electron chi connectivity index (χ4n) is 2.80. The number of nitrogens with two attached hydrogens (primary N) is 1. The van der Waals surface area contributed by atoms with Crippen LogP contribution in [0.15, 0.2) is 18.3 Å². The third-order valence-electron chi connectivity index (χ3n) is 4.02. The van der Waals surface area contributed by atoms with Crippen LogP contribution in [-0.4, -0.2) is 19.6 Å². The smallest absolute Gasteiger partial charge is 0.0644 e. The highest BCUT2D eigenvalue weighted by Gasteiger charge is 2.16. The van der Waals surface area contributed by atoms with Gasteiger partial charge < -0.3 is 5.73 Å².